The summed E-state index contributed by atoms with van der Waals surface area (Å²) in [5, 5.41) is 5.63. The highest BCUT2D eigenvalue weighted by molar-refractivity contribution is 8.14. The summed E-state index contributed by atoms with van der Waals surface area (Å²) >= 11 is 1.41. The fourth-order valence-corrected chi connectivity index (χ4v) is 3.79. The van der Waals surface area contributed by atoms with Gasteiger partial charge in [0.05, 0.1) is 18.0 Å². The van der Waals surface area contributed by atoms with Crippen LogP contribution in [0.3, 0.4) is 0 Å². The van der Waals surface area contributed by atoms with E-state index < -0.39 is 18.1 Å². The normalized spacial score (nSPS) is 23.3. The molecule has 1 aliphatic heterocycles. The van der Waals surface area contributed by atoms with E-state index in [1.54, 1.807) is 19.1 Å². The Morgan fingerprint density at radius 2 is 2.00 bits per heavy atom. The molecule has 0 radical (unpaired) electrons. The van der Waals surface area contributed by atoms with Crippen LogP contribution >= 0.6 is 11.8 Å². The molecule has 1 amide bonds. The van der Waals surface area contributed by atoms with Crippen molar-refractivity contribution in [2.75, 3.05) is 18.8 Å². The fourth-order valence-electron chi connectivity index (χ4n) is 2.66. The second-order valence-electron chi connectivity index (χ2n) is 6.86. The van der Waals surface area contributed by atoms with Gasteiger partial charge in [0, 0.05) is 5.75 Å². The molecular formula is C18H23F4N3OS. The quantitative estimate of drug-likeness (QED) is 0.532. The average molecular weight is 405 g/mol. The van der Waals surface area contributed by atoms with E-state index in [0.29, 0.717) is 23.8 Å². The maximum Gasteiger partial charge on any atom is 0.401 e. The van der Waals surface area contributed by atoms with Crippen LogP contribution in [0.15, 0.2) is 29.3 Å². The number of thioether (sulfide) groups is 1. The molecule has 1 heterocycles. The second-order valence-corrected chi connectivity index (χ2v) is 7.82. The average Bonchev–Trinajstić information content (AvgIpc) is 2.58. The first-order valence-electron chi connectivity index (χ1n) is 8.64. The molecule has 27 heavy (non-hydrogen) atoms. The highest BCUT2D eigenvalue weighted by Crippen LogP contribution is 2.33. The lowest BCUT2D eigenvalue weighted by Crippen LogP contribution is -2.48. The summed E-state index contributed by atoms with van der Waals surface area (Å²) in [5.41, 5.74) is 0.186. The van der Waals surface area contributed by atoms with Gasteiger partial charge in [-0.05, 0) is 50.9 Å². The zero-order valence-electron chi connectivity index (χ0n) is 15.2. The van der Waals surface area contributed by atoms with Gasteiger partial charge in [-0.1, -0.05) is 23.9 Å². The van der Waals surface area contributed by atoms with E-state index in [4.69, 9.17) is 0 Å². The first-order valence-corrected chi connectivity index (χ1v) is 9.63. The number of nitrogens with zero attached hydrogens (tertiary/aromatic N) is 1. The number of rotatable bonds is 7. The summed E-state index contributed by atoms with van der Waals surface area (Å²) in [5.74, 6) is 0.00847. The zero-order chi connectivity index (χ0) is 20.1. The summed E-state index contributed by atoms with van der Waals surface area (Å²) in [6.45, 7) is 2.84. The van der Waals surface area contributed by atoms with Crippen LogP contribution < -0.4 is 10.6 Å². The number of amidine groups is 1. The van der Waals surface area contributed by atoms with Gasteiger partial charge >= 0.3 is 6.18 Å². The molecule has 1 fully saturated rings. The molecule has 0 bridgehead atoms. The van der Waals surface area contributed by atoms with Crippen molar-refractivity contribution >= 4 is 22.8 Å². The van der Waals surface area contributed by atoms with Crippen LogP contribution in [0.25, 0.3) is 0 Å². The molecule has 2 rings (SSSR count). The van der Waals surface area contributed by atoms with Crippen LogP contribution in [-0.4, -0.2) is 36.1 Å². The molecule has 0 spiro atoms. The number of aliphatic imine (C=N–C) groups is 1. The van der Waals surface area contributed by atoms with Crippen LogP contribution in [0.5, 0.6) is 0 Å². The molecule has 1 aliphatic rings. The van der Waals surface area contributed by atoms with Crippen molar-refractivity contribution in [2.24, 2.45) is 10.4 Å². The minimum Gasteiger partial charge on any atom is -0.309 e. The van der Waals surface area contributed by atoms with Crippen molar-refractivity contribution in [3.63, 3.8) is 0 Å². The van der Waals surface area contributed by atoms with Crippen molar-refractivity contribution in [1.82, 2.24) is 10.6 Å². The molecule has 1 aromatic carbocycles. The fraction of sp³-hybridized carbons (Fsp3) is 0.556. The molecule has 1 unspecified atom stereocenters. The Labute approximate surface area is 160 Å². The molecular weight excluding hydrogens is 382 g/mol. The smallest absolute Gasteiger partial charge is 0.309 e. The molecule has 4 nitrogen and oxygen atoms in total. The Morgan fingerprint density at radius 1 is 1.33 bits per heavy atom. The van der Waals surface area contributed by atoms with Gasteiger partial charge < -0.3 is 10.6 Å². The number of nitrogens with one attached hydrogen (secondary N) is 2. The van der Waals surface area contributed by atoms with Gasteiger partial charge in [-0.25, -0.2) is 4.39 Å². The number of amides is 1. The van der Waals surface area contributed by atoms with Crippen molar-refractivity contribution in [3.8, 4) is 0 Å². The van der Waals surface area contributed by atoms with E-state index in [9.17, 15) is 22.4 Å². The molecule has 9 heteroatoms. The minimum absolute atomic E-state index is 0.179. The standard InChI is InChI=1S/C18H23F4N3OS/c1-12(13-4-6-14(19)7-5-13)24-16-25-15(26)17(2,11-27-16)8-3-9-23-10-18(20,21)22/h4-7,12,23H,3,8-11H2,1-2H3,(H,24,25,26)/t12-,17?/m0/s1. The summed E-state index contributed by atoms with van der Waals surface area (Å²) in [6.07, 6.45) is -3.27. The summed E-state index contributed by atoms with van der Waals surface area (Å²) in [7, 11) is 0. The molecule has 0 aliphatic carbocycles. The first-order chi connectivity index (χ1) is 12.6. The third-order valence-corrected chi connectivity index (χ3v) is 5.63. The summed E-state index contributed by atoms with van der Waals surface area (Å²) in [6, 6.07) is 5.80. The maximum atomic E-state index is 13.0. The predicted octanol–water partition coefficient (Wildman–Crippen LogP) is 4.04. The number of halogens is 4. The van der Waals surface area contributed by atoms with Gasteiger partial charge in [0.2, 0.25) is 5.91 Å². The summed E-state index contributed by atoms with van der Waals surface area (Å²) in [4.78, 5) is 16.9. The van der Waals surface area contributed by atoms with Crippen LogP contribution in [0.4, 0.5) is 17.6 Å². The monoisotopic (exact) mass is 405 g/mol. The van der Waals surface area contributed by atoms with Crippen molar-refractivity contribution in [3.05, 3.63) is 35.6 Å². The molecule has 0 saturated carbocycles. The van der Waals surface area contributed by atoms with E-state index in [2.05, 4.69) is 15.6 Å². The number of carbonyl (C=O) groups excluding carboxylic acids is 1. The second kappa shape index (κ2) is 9.05. The van der Waals surface area contributed by atoms with E-state index in [0.717, 1.165) is 5.56 Å². The van der Waals surface area contributed by atoms with Crippen LogP contribution in [0.1, 0.15) is 38.3 Å². The lowest BCUT2D eigenvalue weighted by molar-refractivity contribution is -0.128. The third kappa shape index (κ3) is 6.80. The number of benzene rings is 1. The lowest BCUT2D eigenvalue weighted by Gasteiger charge is -2.33. The predicted molar refractivity (Wildman–Crippen MR) is 99.1 cm³/mol. The van der Waals surface area contributed by atoms with Crippen LogP contribution in [0.2, 0.25) is 0 Å². The Bertz CT molecular complexity index is 678. The van der Waals surface area contributed by atoms with E-state index in [1.165, 1.54) is 23.9 Å². The van der Waals surface area contributed by atoms with Gasteiger partial charge in [-0.3, -0.25) is 9.79 Å². The van der Waals surface area contributed by atoms with Gasteiger partial charge in [-0.15, -0.1) is 0 Å². The highest BCUT2D eigenvalue weighted by atomic mass is 32.2. The number of carbonyl (C=O) groups is 1. The number of hydrogen-bond donors (Lipinski definition) is 2. The van der Waals surface area contributed by atoms with Gasteiger partial charge in [0.15, 0.2) is 5.17 Å². The molecule has 0 aromatic heterocycles. The van der Waals surface area contributed by atoms with Gasteiger partial charge in [0.25, 0.3) is 0 Å². The van der Waals surface area contributed by atoms with E-state index in [1.807, 2.05) is 6.92 Å². The summed E-state index contributed by atoms with van der Waals surface area (Å²) < 4.78 is 49.3. The first kappa shape index (κ1) is 21.7. The zero-order valence-corrected chi connectivity index (χ0v) is 16.0. The van der Waals surface area contributed by atoms with Crippen molar-refractivity contribution in [2.45, 2.75) is 38.9 Å². The van der Waals surface area contributed by atoms with E-state index >= 15 is 0 Å². The largest absolute Gasteiger partial charge is 0.401 e. The third-order valence-electron chi connectivity index (χ3n) is 4.37. The SMILES string of the molecule is C[C@H](N=C1NC(=O)C(C)(CCCNCC(F)(F)F)CS1)c1ccc(F)cc1. The van der Waals surface area contributed by atoms with Gasteiger partial charge in [0.1, 0.15) is 5.82 Å². The lowest BCUT2D eigenvalue weighted by atomic mass is 9.86. The Hall–Kier alpha value is -1.61. The topological polar surface area (TPSA) is 53.5 Å². The number of alkyl halides is 3. The Morgan fingerprint density at radius 3 is 2.59 bits per heavy atom. The molecule has 1 saturated heterocycles. The van der Waals surface area contributed by atoms with Crippen LogP contribution in [0, 0.1) is 11.2 Å². The Kier molecular flexibility index (Phi) is 7.27. The van der Waals surface area contributed by atoms with Crippen molar-refractivity contribution in [1.29, 1.82) is 0 Å². The maximum absolute atomic E-state index is 13.0. The van der Waals surface area contributed by atoms with Gasteiger partial charge in [-0.2, -0.15) is 13.2 Å². The molecule has 1 aromatic rings. The van der Waals surface area contributed by atoms with E-state index in [-0.39, 0.29) is 24.3 Å². The van der Waals surface area contributed by atoms with Crippen molar-refractivity contribution < 1.29 is 22.4 Å². The van der Waals surface area contributed by atoms with Crippen LogP contribution in [-0.2, 0) is 4.79 Å². The minimum atomic E-state index is -4.23. The number of hydrogen-bond acceptors (Lipinski definition) is 4. The molecule has 150 valence electrons. The highest BCUT2D eigenvalue weighted by Gasteiger charge is 2.38. The Balaban J connectivity index is 1.85. The molecule has 2 atom stereocenters. The molecule has 2 N–H and O–H groups in total.